The maximum atomic E-state index is 12.4. The van der Waals surface area contributed by atoms with Crippen LogP contribution in [0.5, 0.6) is 11.5 Å². The molecule has 0 aliphatic rings. The average Bonchev–Trinajstić information content (AvgIpc) is 2.75. The molecule has 0 spiro atoms. The number of hydrogen-bond donors (Lipinski definition) is 2. The fourth-order valence-electron chi connectivity index (χ4n) is 2.62. The van der Waals surface area contributed by atoms with Gasteiger partial charge in [0.25, 0.3) is 11.8 Å². The molecule has 1 atom stereocenters. The molecule has 3 aromatic carbocycles. The van der Waals surface area contributed by atoms with Crippen molar-refractivity contribution >= 4 is 23.2 Å². The van der Waals surface area contributed by atoms with Crippen LogP contribution in [0.25, 0.3) is 0 Å². The van der Waals surface area contributed by atoms with Crippen molar-refractivity contribution in [1.29, 1.82) is 0 Å². The van der Waals surface area contributed by atoms with Crippen molar-refractivity contribution < 1.29 is 19.1 Å². The summed E-state index contributed by atoms with van der Waals surface area (Å²) < 4.78 is 10.8. The number of amides is 2. The highest BCUT2D eigenvalue weighted by Crippen LogP contribution is 2.20. The Morgan fingerprint density at radius 3 is 2.07 bits per heavy atom. The molecule has 0 radical (unpaired) electrons. The molecule has 3 aromatic rings. The Hall–Kier alpha value is -3.80. The molecule has 6 heteroatoms. The van der Waals surface area contributed by atoms with E-state index in [0.717, 1.165) is 0 Å². The smallest absolute Gasteiger partial charge is 0.265 e. The molecule has 148 valence electrons. The summed E-state index contributed by atoms with van der Waals surface area (Å²) in [6, 6.07) is 22.9. The Morgan fingerprint density at radius 1 is 0.793 bits per heavy atom. The van der Waals surface area contributed by atoms with Crippen LogP contribution in [-0.4, -0.2) is 25.0 Å². The highest BCUT2D eigenvalue weighted by Gasteiger charge is 2.15. The van der Waals surface area contributed by atoms with E-state index in [-0.39, 0.29) is 11.8 Å². The van der Waals surface area contributed by atoms with Crippen LogP contribution in [0.2, 0.25) is 0 Å². The van der Waals surface area contributed by atoms with Gasteiger partial charge in [-0.25, -0.2) is 0 Å². The van der Waals surface area contributed by atoms with Crippen molar-refractivity contribution in [2.45, 2.75) is 13.0 Å². The van der Waals surface area contributed by atoms with E-state index in [2.05, 4.69) is 10.6 Å². The summed E-state index contributed by atoms with van der Waals surface area (Å²) in [6.45, 7) is 1.67. The van der Waals surface area contributed by atoms with Crippen molar-refractivity contribution in [2.75, 3.05) is 17.7 Å². The highest BCUT2D eigenvalue weighted by atomic mass is 16.5. The molecule has 2 N–H and O–H groups in total. The van der Waals surface area contributed by atoms with Crippen LogP contribution >= 0.6 is 0 Å². The first kappa shape index (κ1) is 19.9. The van der Waals surface area contributed by atoms with Gasteiger partial charge in [0.15, 0.2) is 6.10 Å². The molecule has 2 amide bonds. The van der Waals surface area contributed by atoms with Crippen molar-refractivity contribution in [2.24, 2.45) is 0 Å². The Balaban J connectivity index is 1.59. The van der Waals surface area contributed by atoms with Gasteiger partial charge >= 0.3 is 0 Å². The topological polar surface area (TPSA) is 76.7 Å². The third-order valence-corrected chi connectivity index (χ3v) is 4.17. The van der Waals surface area contributed by atoms with E-state index in [1.807, 2.05) is 6.07 Å². The van der Waals surface area contributed by atoms with Crippen LogP contribution in [-0.2, 0) is 4.79 Å². The fourth-order valence-corrected chi connectivity index (χ4v) is 2.62. The van der Waals surface area contributed by atoms with Gasteiger partial charge < -0.3 is 20.1 Å². The molecule has 0 aliphatic carbocycles. The Labute approximate surface area is 169 Å². The minimum absolute atomic E-state index is 0.217. The molecule has 0 saturated heterocycles. The number of ether oxygens (including phenoxy) is 2. The van der Waals surface area contributed by atoms with Gasteiger partial charge in [0.1, 0.15) is 11.5 Å². The normalized spacial score (nSPS) is 11.2. The number of carbonyl (C=O) groups excluding carboxylic acids is 2. The Morgan fingerprint density at radius 2 is 1.41 bits per heavy atom. The molecular formula is C23H22N2O4. The lowest BCUT2D eigenvalue weighted by atomic mass is 10.2. The summed E-state index contributed by atoms with van der Waals surface area (Å²) in [4.78, 5) is 24.7. The first-order valence-electron chi connectivity index (χ1n) is 9.13. The molecule has 0 aromatic heterocycles. The number of nitrogens with one attached hydrogen (secondary N) is 2. The number of anilines is 2. The molecule has 0 heterocycles. The predicted molar refractivity (Wildman–Crippen MR) is 113 cm³/mol. The third kappa shape index (κ3) is 5.59. The van der Waals surface area contributed by atoms with Crippen LogP contribution in [0.15, 0.2) is 78.9 Å². The second-order valence-corrected chi connectivity index (χ2v) is 6.33. The summed E-state index contributed by atoms with van der Waals surface area (Å²) in [5.41, 5.74) is 1.70. The molecule has 0 fully saturated rings. The van der Waals surface area contributed by atoms with Crippen LogP contribution in [0.3, 0.4) is 0 Å². The second kappa shape index (κ2) is 9.41. The number of methoxy groups -OCH3 is 1. The van der Waals surface area contributed by atoms with Gasteiger partial charge in [-0.2, -0.15) is 0 Å². The van der Waals surface area contributed by atoms with E-state index in [4.69, 9.17) is 9.47 Å². The lowest BCUT2D eigenvalue weighted by Gasteiger charge is -2.15. The number of hydrogen-bond acceptors (Lipinski definition) is 4. The predicted octanol–water partition coefficient (Wildman–Crippen LogP) is 4.35. The maximum absolute atomic E-state index is 12.4. The van der Waals surface area contributed by atoms with Crippen molar-refractivity contribution in [3.63, 3.8) is 0 Å². The molecule has 0 aliphatic heterocycles. The number of rotatable bonds is 7. The Bertz CT molecular complexity index is 972. The highest BCUT2D eigenvalue weighted by molar-refractivity contribution is 6.04. The molecular weight excluding hydrogens is 368 g/mol. The molecule has 0 saturated carbocycles. The zero-order valence-corrected chi connectivity index (χ0v) is 16.2. The quantitative estimate of drug-likeness (QED) is 0.629. The van der Waals surface area contributed by atoms with E-state index in [1.165, 1.54) is 0 Å². The fraction of sp³-hybridized carbons (Fsp3) is 0.130. The zero-order valence-electron chi connectivity index (χ0n) is 16.2. The van der Waals surface area contributed by atoms with Crippen LogP contribution in [0.4, 0.5) is 11.4 Å². The third-order valence-electron chi connectivity index (χ3n) is 4.17. The second-order valence-electron chi connectivity index (χ2n) is 6.33. The zero-order chi connectivity index (χ0) is 20.6. The molecule has 3 rings (SSSR count). The summed E-state index contributed by atoms with van der Waals surface area (Å²) in [6.07, 6.45) is -0.703. The van der Waals surface area contributed by atoms with Gasteiger partial charge in [-0.3, -0.25) is 9.59 Å². The summed E-state index contributed by atoms with van der Waals surface area (Å²) in [5, 5.41) is 5.62. The van der Waals surface area contributed by atoms with E-state index in [1.54, 1.807) is 86.8 Å². The number of benzene rings is 3. The van der Waals surface area contributed by atoms with Gasteiger partial charge in [0.2, 0.25) is 0 Å². The van der Waals surface area contributed by atoms with E-state index < -0.39 is 6.10 Å². The minimum Gasteiger partial charge on any atom is -0.497 e. The van der Waals surface area contributed by atoms with Gasteiger partial charge in [0, 0.05) is 16.9 Å². The largest absolute Gasteiger partial charge is 0.497 e. The van der Waals surface area contributed by atoms with Crippen LogP contribution in [0.1, 0.15) is 17.3 Å². The van der Waals surface area contributed by atoms with Gasteiger partial charge in [0.05, 0.1) is 7.11 Å². The van der Waals surface area contributed by atoms with Crippen molar-refractivity contribution in [3.05, 3.63) is 84.4 Å². The Kier molecular flexibility index (Phi) is 6.47. The van der Waals surface area contributed by atoms with E-state index in [9.17, 15) is 9.59 Å². The standard InChI is InChI=1S/C23H22N2O4/c1-16(29-21-13-11-20(28-2)12-14-21)22(26)24-18-9-6-10-19(15-18)25-23(27)17-7-4-3-5-8-17/h3-16H,1-2H3,(H,24,26)(H,25,27). The van der Waals surface area contributed by atoms with Crippen molar-refractivity contribution in [3.8, 4) is 11.5 Å². The SMILES string of the molecule is COc1ccc(OC(C)C(=O)Nc2cccc(NC(=O)c3ccccc3)c2)cc1. The molecule has 29 heavy (non-hydrogen) atoms. The van der Waals surface area contributed by atoms with E-state index in [0.29, 0.717) is 28.4 Å². The lowest BCUT2D eigenvalue weighted by Crippen LogP contribution is -2.30. The van der Waals surface area contributed by atoms with Crippen LogP contribution < -0.4 is 20.1 Å². The minimum atomic E-state index is -0.703. The van der Waals surface area contributed by atoms with Gasteiger partial charge in [-0.1, -0.05) is 24.3 Å². The summed E-state index contributed by atoms with van der Waals surface area (Å²) in [7, 11) is 1.59. The first-order chi connectivity index (χ1) is 14.0. The van der Waals surface area contributed by atoms with Crippen molar-refractivity contribution in [1.82, 2.24) is 0 Å². The summed E-state index contributed by atoms with van der Waals surface area (Å²) in [5.74, 6) is 0.763. The first-order valence-corrected chi connectivity index (χ1v) is 9.13. The van der Waals surface area contributed by atoms with Gasteiger partial charge in [-0.15, -0.1) is 0 Å². The summed E-state index contributed by atoms with van der Waals surface area (Å²) >= 11 is 0. The lowest BCUT2D eigenvalue weighted by molar-refractivity contribution is -0.122. The van der Waals surface area contributed by atoms with E-state index >= 15 is 0 Å². The molecule has 0 bridgehead atoms. The van der Waals surface area contributed by atoms with Gasteiger partial charge in [-0.05, 0) is 61.5 Å². The molecule has 1 unspecified atom stereocenters. The average molecular weight is 390 g/mol. The maximum Gasteiger partial charge on any atom is 0.265 e. The van der Waals surface area contributed by atoms with Crippen LogP contribution in [0, 0.1) is 0 Å². The number of carbonyl (C=O) groups is 2. The monoisotopic (exact) mass is 390 g/mol. The molecule has 6 nitrogen and oxygen atoms in total.